The molecule has 0 aliphatic rings. The third kappa shape index (κ3) is 2.19. The van der Waals surface area contributed by atoms with Gasteiger partial charge in [0.15, 0.2) is 5.78 Å². The number of carbonyl (C=O) groups is 1. The van der Waals surface area contributed by atoms with Crippen molar-refractivity contribution in [1.82, 2.24) is 4.98 Å². The first kappa shape index (κ1) is 11.0. The molecule has 3 heteroatoms. The number of rotatable bonds is 3. The molecule has 2 nitrogen and oxygen atoms in total. The van der Waals surface area contributed by atoms with Crippen LogP contribution in [0, 0.1) is 0 Å². The minimum absolute atomic E-state index is 0.0706. The minimum atomic E-state index is 0.0706. The fourth-order valence-corrected chi connectivity index (χ4v) is 1.85. The van der Waals surface area contributed by atoms with Crippen molar-refractivity contribution in [2.75, 3.05) is 5.33 Å². The van der Waals surface area contributed by atoms with Gasteiger partial charge >= 0.3 is 0 Å². The van der Waals surface area contributed by atoms with Crippen LogP contribution in [0.5, 0.6) is 0 Å². The molecule has 2 rings (SSSR count). The summed E-state index contributed by atoms with van der Waals surface area (Å²) in [5, 5.41) is 0.330. The number of alkyl halides is 1. The monoisotopic (exact) mass is 275 g/mol. The number of Topliss-reactive ketones (excluding diaryl/α,β-unsaturated/α-hetero) is 1. The lowest BCUT2D eigenvalue weighted by atomic mass is 10.0. The van der Waals surface area contributed by atoms with Crippen LogP contribution in [0.15, 0.2) is 48.7 Å². The molecule has 0 fully saturated rings. The van der Waals surface area contributed by atoms with Gasteiger partial charge in [-0.1, -0.05) is 46.3 Å². The number of halogens is 1. The molecular weight excluding hydrogens is 266 g/mol. The van der Waals surface area contributed by atoms with E-state index in [4.69, 9.17) is 0 Å². The fourth-order valence-electron chi connectivity index (χ4n) is 1.54. The van der Waals surface area contributed by atoms with Crippen molar-refractivity contribution in [3.63, 3.8) is 0 Å². The number of nitrogens with zero attached hydrogens (tertiary/aromatic N) is 1. The average Bonchev–Trinajstić information content (AvgIpc) is 2.39. The molecule has 1 heterocycles. The molecule has 1 aromatic heterocycles. The highest BCUT2D eigenvalue weighted by molar-refractivity contribution is 9.09. The summed E-state index contributed by atoms with van der Waals surface area (Å²) in [6.07, 6.45) is 1.73. The van der Waals surface area contributed by atoms with E-state index in [2.05, 4.69) is 20.9 Å². The van der Waals surface area contributed by atoms with Gasteiger partial charge in [0.1, 0.15) is 0 Å². The molecule has 0 atom stereocenters. The number of pyridine rings is 1. The van der Waals surface area contributed by atoms with Crippen molar-refractivity contribution >= 4 is 21.7 Å². The molecule has 0 saturated heterocycles. The molecule has 2 aromatic rings. The van der Waals surface area contributed by atoms with E-state index in [-0.39, 0.29) is 5.78 Å². The number of carbonyl (C=O) groups excluding carboxylic acids is 1. The van der Waals surface area contributed by atoms with Crippen LogP contribution in [-0.2, 0) is 0 Å². The van der Waals surface area contributed by atoms with Crippen molar-refractivity contribution in [2.45, 2.75) is 0 Å². The summed E-state index contributed by atoms with van der Waals surface area (Å²) in [6, 6.07) is 13.2. The number of benzene rings is 1. The standard InChI is InChI=1S/C13H10BrNO/c14-9-13(16)11-6-2-1-5-10(11)12-7-3-4-8-15-12/h1-8H,9H2. The second-order valence-electron chi connectivity index (χ2n) is 3.32. The van der Waals surface area contributed by atoms with E-state index in [0.29, 0.717) is 10.9 Å². The molecule has 0 aliphatic heterocycles. The van der Waals surface area contributed by atoms with Crippen molar-refractivity contribution in [3.05, 3.63) is 54.2 Å². The molecule has 80 valence electrons. The number of hydrogen-bond donors (Lipinski definition) is 0. The van der Waals surface area contributed by atoms with E-state index in [0.717, 1.165) is 11.3 Å². The Morgan fingerprint density at radius 3 is 2.56 bits per heavy atom. The lowest BCUT2D eigenvalue weighted by Gasteiger charge is -2.06. The average molecular weight is 276 g/mol. The topological polar surface area (TPSA) is 30.0 Å². The van der Waals surface area contributed by atoms with Crippen molar-refractivity contribution in [3.8, 4) is 11.3 Å². The summed E-state index contributed by atoms with van der Waals surface area (Å²) in [6.45, 7) is 0. The number of ketones is 1. The predicted octanol–water partition coefficient (Wildman–Crippen LogP) is 3.33. The van der Waals surface area contributed by atoms with Gasteiger partial charge in [0.2, 0.25) is 0 Å². The molecule has 0 spiro atoms. The van der Waals surface area contributed by atoms with Gasteiger partial charge in [-0.25, -0.2) is 0 Å². The largest absolute Gasteiger partial charge is 0.293 e. The Kier molecular flexibility index (Phi) is 3.47. The Hall–Kier alpha value is -1.48. The van der Waals surface area contributed by atoms with E-state index in [1.54, 1.807) is 6.20 Å². The van der Waals surface area contributed by atoms with Crippen LogP contribution in [0.1, 0.15) is 10.4 Å². The molecule has 16 heavy (non-hydrogen) atoms. The normalized spacial score (nSPS) is 10.1. The van der Waals surface area contributed by atoms with Gasteiger partial charge in [-0.05, 0) is 12.1 Å². The SMILES string of the molecule is O=C(CBr)c1ccccc1-c1ccccn1. The highest BCUT2D eigenvalue weighted by Gasteiger charge is 2.11. The highest BCUT2D eigenvalue weighted by Crippen LogP contribution is 2.22. The van der Waals surface area contributed by atoms with E-state index < -0.39 is 0 Å². The van der Waals surface area contributed by atoms with Crippen LogP contribution in [-0.4, -0.2) is 16.1 Å². The Bertz CT molecular complexity index is 496. The van der Waals surface area contributed by atoms with Gasteiger partial charge in [-0.3, -0.25) is 9.78 Å². The first-order valence-electron chi connectivity index (χ1n) is 4.92. The zero-order valence-electron chi connectivity index (χ0n) is 8.56. The first-order chi connectivity index (χ1) is 7.83. The zero-order valence-corrected chi connectivity index (χ0v) is 10.1. The third-order valence-corrected chi connectivity index (χ3v) is 2.80. The molecular formula is C13H10BrNO. The van der Waals surface area contributed by atoms with Crippen LogP contribution in [0.4, 0.5) is 0 Å². The van der Waals surface area contributed by atoms with Crippen LogP contribution in [0.25, 0.3) is 11.3 Å². The second-order valence-corrected chi connectivity index (χ2v) is 3.88. The van der Waals surface area contributed by atoms with Gasteiger partial charge in [-0.15, -0.1) is 0 Å². The molecule has 1 aromatic carbocycles. The molecule has 0 saturated carbocycles. The summed E-state index contributed by atoms with van der Waals surface area (Å²) in [4.78, 5) is 16.0. The Morgan fingerprint density at radius 1 is 1.12 bits per heavy atom. The maximum Gasteiger partial charge on any atom is 0.174 e. The minimum Gasteiger partial charge on any atom is -0.293 e. The lowest BCUT2D eigenvalue weighted by Crippen LogP contribution is -2.02. The first-order valence-corrected chi connectivity index (χ1v) is 6.04. The van der Waals surface area contributed by atoms with E-state index in [1.807, 2.05) is 42.5 Å². The van der Waals surface area contributed by atoms with Crippen LogP contribution in [0.3, 0.4) is 0 Å². The van der Waals surface area contributed by atoms with Gasteiger partial charge in [0.05, 0.1) is 11.0 Å². The van der Waals surface area contributed by atoms with Gasteiger partial charge in [-0.2, -0.15) is 0 Å². The lowest BCUT2D eigenvalue weighted by molar-refractivity contribution is 0.102. The second kappa shape index (κ2) is 5.03. The molecule has 0 amide bonds. The van der Waals surface area contributed by atoms with E-state index in [1.165, 1.54) is 0 Å². The summed E-state index contributed by atoms with van der Waals surface area (Å²) in [7, 11) is 0. The molecule has 0 aliphatic carbocycles. The smallest absolute Gasteiger partial charge is 0.174 e. The van der Waals surface area contributed by atoms with E-state index >= 15 is 0 Å². The van der Waals surface area contributed by atoms with Crippen molar-refractivity contribution < 1.29 is 4.79 Å². The highest BCUT2D eigenvalue weighted by atomic mass is 79.9. The van der Waals surface area contributed by atoms with Gasteiger partial charge in [0, 0.05) is 17.3 Å². The maximum atomic E-state index is 11.7. The zero-order chi connectivity index (χ0) is 11.4. The molecule has 0 radical (unpaired) electrons. The van der Waals surface area contributed by atoms with Crippen molar-refractivity contribution in [2.24, 2.45) is 0 Å². The van der Waals surface area contributed by atoms with Gasteiger partial charge < -0.3 is 0 Å². The predicted molar refractivity (Wildman–Crippen MR) is 67.8 cm³/mol. The molecule has 0 bridgehead atoms. The number of aromatic nitrogens is 1. The Labute approximate surface area is 102 Å². The maximum absolute atomic E-state index is 11.7. The van der Waals surface area contributed by atoms with E-state index in [9.17, 15) is 4.79 Å². The summed E-state index contributed by atoms with van der Waals surface area (Å²) in [5.41, 5.74) is 2.41. The van der Waals surface area contributed by atoms with Crippen LogP contribution in [0.2, 0.25) is 0 Å². The van der Waals surface area contributed by atoms with Gasteiger partial charge in [0.25, 0.3) is 0 Å². The fraction of sp³-hybridized carbons (Fsp3) is 0.0769. The Balaban J connectivity index is 2.53. The van der Waals surface area contributed by atoms with Crippen LogP contribution < -0.4 is 0 Å². The van der Waals surface area contributed by atoms with Crippen LogP contribution >= 0.6 is 15.9 Å². The Morgan fingerprint density at radius 2 is 1.88 bits per heavy atom. The summed E-state index contributed by atoms with van der Waals surface area (Å²) in [5.74, 6) is 0.0706. The van der Waals surface area contributed by atoms with Crippen molar-refractivity contribution in [1.29, 1.82) is 0 Å². The quantitative estimate of drug-likeness (QED) is 0.635. The molecule has 0 unspecified atom stereocenters. The number of hydrogen-bond acceptors (Lipinski definition) is 2. The third-order valence-electron chi connectivity index (χ3n) is 2.29. The summed E-state index contributed by atoms with van der Waals surface area (Å²) >= 11 is 3.19. The summed E-state index contributed by atoms with van der Waals surface area (Å²) < 4.78 is 0. The molecule has 0 N–H and O–H groups in total.